The van der Waals surface area contributed by atoms with E-state index in [1.54, 1.807) is 24.3 Å². The van der Waals surface area contributed by atoms with Gasteiger partial charge in [0.2, 0.25) is 11.8 Å². The first kappa shape index (κ1) is 14.2. The number of fused-ring (bicyclic) bond motifs is 1. The van der Waals surface area contributed by atoms with E-state index < -0.39 is 0 Å². The predicted molar refractivity (Wildman–Crippen MR) is 82.4 cm³/mol. The van der Waals surface area contributed by atoms with Gasteiger partial charge < -0.3 is 15.4 Å². The van der Waals surface area contributed by atoms with E-state index in [0.717, 1.165) is 12.8 Å². The molecule has 2 aliphatic carbocycles. The lowest BCUT2D eigenvalue weighted by Gasteiger charge is -2.23. The normalized spacial score (nSPS) is 33.4. The number of nitrogens with one attached hydrogen (secondary N) is 2. The standard InChI is InChI=1S/C17H18N2O4/c1-8(20)18-10-2-4-11(5-3-10)19-16(21)14-9-6-12-13(7-9)23-17(22)15(12)14/h2-5,9,12-15H,6-7H2,1H3,(H,18,20)(H,19,21)/t9-,12+,13+,14-,15+/m1/s1. The van der Waals surface area contributed by atoms with Crippen molar-refractivity contribution in [3.63, 3.8) is 0 Å². The summed E-state index contributed by atoms with van der Waals surface area (Å²) in [7, 11) is 0. The molecule has 2 N–H and O–H groups in total. The van der Waals surface area contributed by atoms with E-state index in [4.69, 9.17) is 4.74 Å². The quantitative estimate of drug-likeness (QED) is 0.833. The maximum absolute atomic E-state index is 12.6. The molecule has 6 nitrogen and oxygen atoms in total. The Hall–Kier alpha value is -2.37. The molecule has 0 radical (unpaired) electrons. The minimum Gasteiger partial charge on any atom is -0.462 e. The Bertz CT molecular complexity index is 682. The van der Waals surface area contributed by atoms with Crippen LogP contribution in [0.3, 0.4) is 0 Å². The molecule has 3 aliphatic rings. The molecule has 2 bridgehead atoms. The summed E-state index contributed by atoms with van der Waals surface area (Å²) in [5, 5.41) is 5.57. The molecule has 2 amide bonds. The summed E-state index contributed by atoms with van der Waals surface area (Å²) in [4.78, 5) is 35.6. The van der Waals surface area contributed by atoms with E-state index in [2.05, 4.69) is 10.6 Å². The zero-order valence-corrected chi connectivity index (χ0v) is 12.7. The second-order valence-corrected chi connectivity index (χ2v) is 6.67. The monoisotopic (exact) mass is 314 g/mol. The van der Waals surface area contributed by atoms with Gasteiger partial charge in [0, 0.05) is 24.2 Å². The van der Waals surface area contributed by atoms with Gasteiger partial charge >= 0.3 is 5.97 Å². The Balaban J connectivity index is 1.46. The highest BCUT2D eigenvalue weighted by Crippen LogP contribution is 2.57. The largest absolute Gasteiger partial charge is 0.462 e. The van der Waals surface area contributed by atoms with Crippen LogP contribution in [0.25, 0.3) is 0 Å². The van der Waals surface area contributed by atoms with E-state index in [1.807, 2.05) is 0 Å². The third-order valence-corrected chi connectivity index (χ3v) is 5.26. The molecule has 120 valence electrons. The highest BCUT2D eigenvalue weighted by molar-refractivity contribution is 5.97. The Morgan fingerprint density at radius 3 is 2.39 bits per heavy atom. The van der Waals surface area contributed by atoms with Crippen LogP contribution in [-0.4, -0.2) is 23.9 Å². The molecule has 0 unspecified atom stereocenters. The second kappa shape index (κ2) is 5.08. The van der Waals surface area contributed by atoms with Crippen LogP contribution in [0.4, 0.5) is 11.4 Å². The van der Waals surface area contributed by atoms with Crippen LogP contribution in [-0.2, 0) is 19.1 Å². The first-order valence-electron chi connectivity index (χ1n) is 7.92. The molecule has 1 saturated heterocycles. The van der Waals surface area contributed by atoms with Crippen LogP contribution in [0.5, 0.6) is 0 Å². The van der Waals surface area contributed by atoms with Crippen molar-refractivity contribution in [2.75, 3.05) is 10.6 Å². The number of carbonyl (C=O) groups excluding carboxylic acids is 3. The van der Waals surface area contributed by atoms with E-state index in [9.17, 15) is 14.4 Å². The summed E-state index contributed by atoms with van der Waals surface area (Å²) >= 11 is 0. The third kappa shape index (κ3) is 2.29. The van der Waals surface area contributed by atoms with Gasteiger partial charge in [0.05, 0.1) is 11.8 Å². The summed E-state index contributed by atoms with van der Waals surface area (Å²) < 4.78 is 5.36. The van der Waals surface area contributed by atoms with Gasteiger partial charge in [-0.25, -0.2) is 0 Å². The number of hydrogen-bond donors (Lipinski definition) is 2. The second-order valence-electron chi connectivity index (χ2n) is 6.67. The van der Waals surface area contributed by atoms with Gasteiger partial charge in [-0.2, -0.15) is 0 Å². The molecule has 3 fully saturated rings. The van der Waals surface area contributed by atoms with Gasteiger partial charge in [-0.1, -0.05) is 0 Å². The smallest absolute Gasteiger partial charge is 0.310 e. The molecule has 1 aromatic carbocycles. The summed E-state index contributed by atoms with van der Waals surface area (Å²) in [5.74, 6) is -0.518. The first-order valence-corrected chi connectivity index (χ1v) is 7.92. The maximum atomic E-state index is 12.6. The zero-order valence-electron chi connectivity index (χ0n) is 12.7. The van der Waals surface area contributed by atoms with Crippen LogP contribution in [0, 0.1) is 23.7 Å². The van der Waals surface area contributed by atoms with Crippen molar-refractivity contribution in [3.8, 4) is 0 Å². The van der Waals surface area contributed by atoms with Crippen molar-refractivity contribution < 1.29 is 19.1 Å². The van der Waals surface area contributed by atoms with Crippen molar-refractivity contribution in [1.29, 1.82) is 0 Å². The fourth-order valence-corrected chi connectivity index (χ4v) is 4.43. The van der Waals surface area contributed by atoms with Crippen LogP contribution in [0.2, 0.25) is 0 Å². The van der Waals surface area contributed by atoms with Crippen LogP contribution in [0.1, 0.15) is 19.8 Å². The number of hydrogen-bond acceptors (Lipinski definition) is 4. The molecule has 1 aromatic rings. The molecule has 0 aromatic heterocycles. The van der Waals surface area contributed by atoms with E-state index in [0.29, 0.717) is 11.4 Å². The lowest BCUT2D eigenvalue weighted by molar-refractivity contribution is -0.145. The SMILES string of the molecule is CC(=O)Nc1ccc(NC(=O)[C@@H]2[C@@H]3C[C@@H]4[C@@H]2C(=O)O[C@H]4C3)cc1. The van der Waals surface area contributed by atoms with Crippen molar-refractivity contribution in [3.05, 3.63) is 24.3 Å². The van der Waals surface area contributed by atoms with E-state index in [-0.39, 0.29) is 47.6 Å². The number of rotatable bonds is 3. The number of ether oxygens (including phenoxy) is 1. The van der Waals surface area contributed by atoms with E-state index in [1.165, 1.54) is 6.92 Å². The molecular weight excluding hydrogens is 296 g/mol. The Morgan fingerprint density at radius 2 is 1.74 bits per heavy atom. The van der Waals surface area contributed by atoms with Gasteiger partial charge in [-0.05, 0) is 43.0 Å². The Kier molecular flexibility index (Phi) is 3.14. The molecule has 5 atom stereocenters. The minimum absolute atomic E-state index is 0.0403. The molecule has 1 heterocycles. The topological polar surface area (TPSA) is 84.5 Å². The summed E-state index contributed by atoms with van der Waals surface area (Å²) in [6.07, 6.45) is 1.77. The first-order chi connectivity index (χ1) is 11.0. The average Bonchev–Trinajstić information content (AvgIpc) is 3.10. The fourth-order valence-electron chi connectivity index (χ4n) is 4.43. The van der Waals surface area contributed by atoms with Crippen LogP contribution >= 0.6 is 0 Å². The molecule has 6 heteroatoms. The van der Waals surface area contributed by atoms with Gasteiger partial charge in [0.15, 0.2) is 0 Å². The number of esters is 1. The number of carbonyl (C=O) groups is 3. The highest BCUT2D eigenvalue weighted by atomic mass is 16.6. The molecule has 4 rings (SSSR count). The molecule has 1 aliphatic heterocycles. The third-order valence-electron chi connectivity index (χ3n) is 5.26. The van der Waals surface area contributed by atoms with Gasteiger partial charge in [0.25, 0.3) is 0 Å². The molecule has 0 spiro atoms. The summed E-state index contributed by atoms with van der Waals surface area (Å²) in [6, 6.07) is 6.95. The van der Waals surface area contributed by atoms with E-state index >= 15 is 0 Å². The van der Waals surface area contributed by atoms with Crippen molar-refractivity contribution >= 4 is 29.2 Å². The van der Waals surface area contributed by atoms with Crippen molar-refractivity contribution in [1.82, 2.24) is 0 Å². The number of benzene rings is 1. The van der Waals surface area contributed by atoms with Gasteiger partial charge in [-0.3, -0.25) is 14.4 Å². The van der Waals surface area contributed by atoms with Crippen molar-refractivity contribution in [2.24, 2.45) is 23.7 Å². The summed E-state index contributed by atoms with van der Waals surface area (Å²) in [5.41, 5.74) is 1.34. The molecular formula is C17H18N2O4. The lowest BCUT2D eigenvalue weighted by atomic mass is 9.79. The number of anilines is 2. The van der Waals surface area contributed by atoms with Crippen LogP contribution < -0.4 is 10.6 Å². The van der Waals surface area contributed by atoms with Gasteiger partial charge in [-0.15, -0.1) is 0 Å². The molecule has 2 saturated carbocycles. The van der Waals surface area contributed by atoms with Crippen molar-refractivity contribution in [2.45, 2.75) is 25.9 Å². The average molecular weight is 314 g/mol. The lowest BCUT2D eigenvalue weighted by Crippen LogP contribution is -2.35. The predicted octanol–water partition coefficient (Wildman–Crippen LogP) is 1.78. The molecule has 23 heavy (non-hydrogen) atoms. The van der Waals surface area contributed by atoms with Crippen LogP contribution in [0.15, 0.2) is 24.3 Å². The van der Waals surface area contributed by atoms with Gasteiger partial charge in [0.1, 0.15) is 6.10 Å². The zero-order chi connectivity index (χ0) is 16.1. The number of amides is 2. The summed E-state index contributed by atoms with van der Waals surface area (Å²) in [6.45, 7) is 1.44. The maximum Gasteiger partial charge on any atom is 0.310 e. The minimum atomic E-state index is -0.277. The Morgan fingerprint density at radius 1 is 1.09 bits per heavy atom. The fraction of sp³-hybridized carbons (Fsp3) is 0.471. The Labute approximate surface area is 133 Å². The highest BCUT2D eigenvalue weighted by Gasteiger charge is 2.63.